The molecule has 2 rings (SSSR count). The summed E-state index contributed by atoms with van der Waals surface area (Å²) in [6, 6.07) is 6.78. The summed E-state index contributed by atoms with van der Waals surface area (Å²) < 4.78 is 12.8. The maximum Gasteiger partial charge on any atom is 0.123 e. The van der Waals surface area contributed by atoms with Crippen LogP contribution in [0.5, 0.6) is 0 Å². The minimum absolute atomic E-state index is 0.113. The zero-order chi connectivity index (χ0) is 8.60. The van der Waals surface area contributed by atoms with Crippen molar-refractivity contribution in [3.05, 3.63) is 35.6 Å². The number of hydrogen-bond donors (Lipinski definition) is 1. The summed E-state index contributed by atoms with van der Waals surface area (Å²) in [5.41, 5.74) is 6.80. The molecule has 64 valence electrons. The van der Waals surface area contributed by atoms with Crippen LogP contribution >= 0.6 is 0 Å². The van der Waals surface area contributed by atoms with E-state index in [0.717, 1.165) is 18.4 Å². The molecule has 1 aliphatic rings. The van der Waals surface area contributed by atoms with Gasteiger partial charge < -0.3 is 5.73 Å². The fourth-order valence-electron chi connectivity index (χ4n) is 1.58. The lowest BCUT2D eigenvalue weighted by Crippen LogP contribution is -2.19. The van der Waals surface area contributed by atoms with Crippen LogP contribution in [0.2, 0.25) is 0 Å². The molecule has 1 fully saturated rings. The number of halogens is 1. The largest absolute Gasteiger partial charge is 0.330 e. The van der Waals surface area contributed by atoms with Gasteiger partial charge in [-0.3, -0.25) is 0 Å². The zero-order valence-corrected chi connectivity index (χ0v) is 6.89. The van der Waals surface area contributed by atoms with E-state index in [9.17, 15) is 4.39 Å². The lowest BCUT2D eigenvalue weighted by Gasteiger charge is -2.11. The number of benzene rings is 1. The maximum atomic E-state index is 12.8. The summed E-state index contributed by atoms with van der Waals surface area (Å²) >= 11 is 0. The van der Waals surface area contributed by atoms with Crippen molar-refractivity contribution in [1.29, 1.82) is 0 Å². The Morgan fingerprint density at radius 3 is 2.67 bits per heavy atom. The van der Waals surface area contributed by atoms with Crippen LogP contribution in [0.25, 0.3) is 0 Å². The van der Waals surface area contributed by atoms with Gasteiger partial charge in [0.05, 0.1) is 0 Å². The van der Waals surface area contributed by atoms with Gasteiger partial charge in [-0.15, -0.1) is 0 Å². The Balaban J connectivity index is 2.34. The van der Waals surface area contributed by atoms with Gasteiger partial charge in [0.15, 0.2) is 0 Å². The molecule has 2 heteroatoms. The standard InChI is InChI=1S/C10H12FN/c11-9-3-1-2-8(6-9)10(7-12)4-5-10/h1-3,6H,4-5,7,12H2. The van der Waals surface area contributed by atoms with E-state index < -0.39 is 0 Å². The van der Waals surface area contributed by atoms with Crippen LogP contribution in [-0.4, -0.2) is 6.54 Å². The van der Waals surface area contributed by atoms with E-state index in [2.05, 4.69) is 0 Å². The molecular weight excluding hydrogens is 153 g/mol. The molecule has 0 bridgehead atoms. The average Bonchev–Trinajstić information content (AvgIpc) is 2.84. The smallest absolute Gasteiger partial charge is 0.123 e. The summed E-state index contributed by atoms with van der Waals surface area (Å²) in [5, 5.41) is 0. The third-order valence-electron chi connectivity index (χ3n) is 2.68. The summed E-state index contributed by atoms with van der Waals surface area (Å²) in [6.45, 7) is 0.635. The third kappa shape index (κ3) is 1.12. The third-order valence-corrected chi connectivity index (χ3v) is 2.68. The Morgan fingerprint density at radius 2 is 2.17 bits per heavy atom. The Hall–Kier alpha value is -0.890. The molecular formula is C10H12FN. The molecule has 0 spiro atoms. The quantitative estimate of drug-likeness (QED) is 0.710. The van der Waals surface area contributed by atoms with Gasteiger partial charge in [0.25, 0.3) is 0 Å². The van der Waals surface area contributed by atoms with Crippen molar-refractivity contribution in [2.24, 2.45) is 5.73 Å². The highest BCUT2D eigenvalue weighted by molar-refractivity contribution is 5.31. The highest BCUT2D eigenvalue weighted by Crippen LogP contribution is 2.47. The Morgan fingerprint density at radius 1 is 1.42 bits per heavy atom. The van der Waals surface area contributed by atoms with E-state index in [4.69, 9.17) is 5.73 Å². The van der Waals surface area contributed by atoms with E-state index in [1.54, 1.807) is 12.1 Å². The molecule has 0 aliphatic heterocycles. The van der Waals surface area contributed by atoms with Gasteiger partial charge in [0.2, 0.25) is 0 Å². The first kappa shape index (κ1) is 7.74. The highest BCUT2D eigenvalue weighted by atomic mass is 19.1. The predicted octanol–water partition coefficient (Wildman–Crippen LogP) is 1.82. The number of nitrogens with two attached hydrogens (primary N) is 1. The molecule has 2 N–H and O–H groups in total. The van der Waals surface area contributed by atoms with Crippen molar-refractivity contribution in [1.82, 2.24) is 0 Å². The Kier molecular flexibility index (Phi) is 1.65. The molecule has 1 nitrogen and oxygen atoms in total. The summed E-state index contributed by atoms with van der Waals surface area (Å²) in [7, 11) is 0. The fourth-order valence-corrected chi connectivity index (χ4v) is 1.58. The number of rotatable bonds is 2. The van der Waals surface area contributed by atoms with Crippen molar-refractivity contribution < 1.29 is 4.39 Å². The monoisotopic (exact) mass is 165 g/mol. The Bertz CT molecular complexity index is 292. The second kappa shape index (κ2) is 2.56. The maximum absolute atomic E-state index is 12.8. The van der Waals surface area contributed by atoms with E-state index in [0.29, 0.717) is 6.54 Å². The van der Waals surface area contributed by atoms with Crippen molar-refractivity contribution in [3.63, 3.8) is 0 Å². The van der Waals surface area contributed by atoms with Crippen molar-refractivity contribution >= 4 is 0 Å². The highest BCUT2D eigenvalue weighted by Gasteiger charge is 2.42. The number of hydrogen-bond acceptors (Lipinski definition) is 1. The van der Waals surface area contributed by atoms with Gasteiger partial charge in [-0.2, -0.15) is 0 Å². The predicted molar refractivity (Wildman–Crippen MR) is 46.4 cm³/mol. The molecule has 0 aromatic heterocycles. The van der Waals surface area contributed by atoms with Gasteiger partial charge in [0, 0.05) is 12.0 Å². The minimum atomic E-state index is -0.160. The SMILES string of the molecule is NCC1(c2cccc(F)c2)CC1. The van der Waals surface area contributed by atoms with Gasteiger partial charge in [-0.05, 0) is 30.5 Å². The van der Waals surface area contributed by atoms with Crippen LogP contribution in [0.4, 0.5) is 4.39 Å². The average molecular weight is 165 g/mol. The zero-order valence-electron chi connectivity index (χ0n) is 6.89. The summed E-state index contributed by atoms with van der Waals surface area (Å²) in [6.07, 6.45) is 2.21. The van der Waals surface area contributed by atoms with Crippen molar-refractivity contribution in [2.75, 3.05) is 6.54 Å². The van der Waals surface area contributed by atoms with Crippen LogP contribution in [0, 0.1) is 5.82 Å². The van der Waals surface area contributed by atoms with E-state index in [1.165, 1.54) is 6.07 Å². The summed E-state index contributed by atoms with van der Waals surface area (Å²) in [4.78, 5) is 0. The molecule has 1 aromatic carbocycles. The van der Waals surface area contributed by atoms with E-state index in [-0.39, 0.29) is 11.2 Å². The first-order valence-electron chi connectivity index (χ1n) is 4.23. The molecule has 12 heavy (non-hydrogen) atoms. The minimum Gasteiger partial charge on any atom is -0.330 e. The van der Waals surface area contributed by atoms with Crippen molar-refractivity contribution in [3.8, 4) is 0 Å². The Labute approximate surface area is 71.4 Å². The molecule has 1 saturated carbocycles. The summed E-state index contributed by atoms with van der Waals surface area (Å²) in [5.74, 6) is -0.160. The molecule has 0 heterocycles. The van der Waals surface area contributed by atoms with Crippen LogP contribution in [0.3, 0.4) is 0 Å². The van der Waals surface area contributed by atoms with E-state index >= 15 is 0 Å². The molecule has 0 unspecified atom stereocenters. The van der Waals surface area contributed by atoms with Crippen LogP contribution in [0.1, 0.15) is 18.4 Å². The fraction of sp³-hybridized carbons (Fsp3) is 0.400. The lowest BCUT2D eigenvalue weighted by molar-refractivity contribution is 0.616. The van der Waals surface area contributed by atoms with Crippen LogP contribution in [-0.2, 0) is 5.41 Å². The molecule has 0 amide bonds. The van der Waals surface area contributed by atoms with Gasteiger partial charge in [-0.25, -0.2) is 4.39 Å². The molecule has 1 aliphatic carbocycles. The van der Waals surface area contributed by atoms with Gasteiger partial charge in [0.1, 0.15) is 5.82 Å². The molecule has 0 radical (unpaired) electrons. The normalized spacial score (nSPS) is 19.2. The van der Waals surface area contributed by atoms with Crippen LogP contribution < -0.4 is 5.73 Å². The topological polar surface area (TPSA) is 26.0 Å². The molecule has 0 saturated heterocycles. The first-order valence-corrected chi connectivity index (χ1v) is 4.23. The molecule has 0 atom stereocenters. The molecule has 1 aromatic rings. The lowest BCUT2D eigenvalue weighted by atomic mass is 9.96. The second-order valence-electron chi connectivity index (χ2n) is 3.49. The van der Waals surface area contributed by atoms with Gasteiger partial charge >= 0.3 is 0 Å². The van der Waals surface area contributed by atoms with E-state index in [1.807, 2.05) is 6.07 Å². The first-order chi connectivity index (χ1) is 5.77. The van der Waals surface area contributed by atoms with Gasteiger partial charge in [-0.1, -0.05) is 12.1 Å². The van der Waals surface area contributed by atoms with Crippen molar-refractivity contribution in [2.45, 2.75) is 18.3 Å². The second-order valence-corrected chi connectivity index (χ2v) is 3.49. The van der Waals surface area contributed by atoms with Crippen LogP contribution in [0.15, 0.2) is 24.3 Å².